The molecule has 0 N–H and O–H groups in total. The molecule has 0 aliphatic carbocycles. The zero-order valence-corrected chi connectivity index (χ0v) is 16.3. The normalized spacial score (nSPS) is 11.3. The topological polar surface area (TPSA) is 39.2 Å². The zero-order chi connectivity index (χ0) is 20.3. The van der Waals surface area contributed by atoms with E-state index in [1.165, 1.54) is 42.6 Å². The first-order valence-corrected chi connectivity index (χ1v) is 9.08. The summed E-state index contributed by atoms with van der Waals surface area (Å²) in [5.41, 5.74) is 1.70. The van der Waals surface area contributed by atoms with Crippen LogP contribution in [0.4, 0.5) is 17.6 Å². The van der Waals surface area contributed by atoms with Gasteiger partial charge in [0.15, 0.2) is 5.78 Å². The van der Waals surface area contributed by atoms with Gasteiger partial charge in [-0.15, -0.1) is 13.2 Å². The maximum atomic E-state index is 13.9. The third-order valence-electron chi connectivity index (χ3n) is 3.84. The number of carbonyl (C=O) groups excluding carboxylic acids is 1. The molecule has 28 heavy (non-hydrogen) atoms. The van der Waals surface area contributed by atoms with Crippen LogP contribution in [0.15, 0.2) is 60.8 Å². The Morgan fingerprint density at radius 2 is 1.68 bits per heavy atom. The zero-order valence-electron chi connectivity index (χ0n) is 14.1. The van der Waals surface area contributed by atoms with Gasteiger partial charge in [-0.25, -0.2) is 4.39 Å². The highest BCUT2D eigenvalue weighted by Gasteiger charge is 2.30. The molecule has 0 saturated heterocycles. The Labute approximate surface area is 171 Å². The third-order valence-corrected chi connectivity index (χ3v) is 4.51. The molecule has 0 radical (unpaired) electrons. The molecular formula is C20H12F4INO2. The Morgan fingerprint density at radius 3 is 2.25 bits per heavy atom. The number of Topliss-reactive ketones (excluding diaryl/α,β-unsaturated/α-hetero) is 1. The van der Waals surface area contributed by atoms with Gasteiger partial charge in [-0.3, -0.25) is 9.78 Å². The predicted molar refractivity (Wildman–Crippen MR) is 104 cm³/mol. The molecule has 0 bridgehead atoms. The lowest BCUT2D eigenvalue weighted by molar-refractivity contribution is -0.274. The Hall–Kier alpha value is -2.49. The highest BCUT2D eigenvalue weighted by molar-refractivity contribution is 14.1. The van der Waals surface area contributed by atoms with Crippen molar-refractivity contribution in [1.82, 2.24) is 4.98 Å². The molecule has 0 saturated carbocycles. The quantitative estimate of drug-likeness (QED) is 0.252. The summed E-state index contributed by atoms with van der Waals surface area (Å²) < 4.78 is 55.0. The minimum Gasteiger partial charge on any atom is -0.406 e. The van der Waals surface area contributed by atoms with Crippen molar-refractivity contribution >= 4 is 28.4 Å². The smallest absolute Gasteiger partial charge is 0.406 e. The van der Waals surface area contributed by atoms with Gasteiger partial charge >= 0.3 is 6.36 Å². The predicted octanol–water partition coefficient (Wildman–Crippen LogP) is 5.82. The minimum absolute atomic E-state index is 0.113. The number of carbonyl (C=O) groups is 1. The van der Waals surface area contributed by atoms with E-state index in [4.69, 9.17) is 0 Å². The number of alkyl halides is 3. The van der Waals surface area contributed by atoms with Crippen LogP contribution in [-0.4, -0.2) is 17.1 Å². The van der Waals surface area contributed by atoms with E-state index in [9.17, 15) is 22.4 Å². The van der Waals surface area contributed by atoms with Crippen LogP contribution < -0.4 is 4.74 Å². The fourth-order valence-electron chi connectivity index (χ4n) is 2.51. The van der Waals surface area contributed by atoms with Crippen molar-refractivity contribution in [2.75, 3.05) is 0 Å². The SMILES string of the molecule is O=C(Cc1ccc(I)cc1F)c1ccc(-c2ccc(OC(F)(F)F)cc2)cn1. The number of hydrogen-bond acceptors (Lipinski definition) is 3. The van der Waals surface area contributed by atoms with Crippen LogP contribution in [0.3, 0.4) is 0 Å². The number of ether oxygens (including phenoxy) is 1. The second kappa shape index (κ2) is 8.26. The molecule has 2 aromatic carbocycles. The number of ketones is 1. The Bertz CT molecular complexity index is 987. The van der Waals surface area contributed by atoms with Gasteiger partial charge in [0.2, 0.25) is 0 Å². The molecule has 0 aliphatic heterocycles. The van der Waals surface area contributed by atoms with Gasteiger partial charge in [-0.2, -0.15) is 0 Å². The van der Waals surface area contributed by atoms with Crippen LogP contribution in [0.2, 0.25) is 0 Å². The number of benzene rings is 2. The van der Waals surface area contributed by atoms with E-state index >= 15 is 0 Å². The highest BCUT2D eigenvalue weighted by Crippen LogP contribution is 2.26. The molecule has 0 spiro atoms. The number of pyridine rings is 1. The summed E-state index contributed by atoms with van der Waals surface area (Å²) in [7, 11) is 0. The van der Waals surface area contributed by atoms with Crippen molar-refractivity contribution < 1.29 is 27.1 Å². The lowest BCUT2D eigenvalue weighted by Gasteiger charge is -2.09. The summed E-state index contributed by atoms with van der Waals surface area (Å²) in [6.45, 7) is 0. The Morgan fingerprint density at radius 1 is 1.00 bits per heavy atom. The van der Waals surface area contributed by atoms with Crippen molar-refractivity contribution in [3.63, 3.8) is 0 Å². The summed E-state index contributed by atoms with van der Waals surface area (Å²) in [5, 5.41) is 0. The fourth-order valence-corrected chi connectivity index (χ4v) is 2.96. The van der Waals surface area contributed by atoms with E-state index in [0.717, 1.165) is 3.57 Å². The van der Waals surface area contributed by atoms with E-state index < -0.39 is 12.2 Å². The van der Waals surface area contributed by atoms with Gasteiger partial charge in [-0.1, -0.05) is 24.3 Å². The van der Waals surface area contributed by atoms with Gasteiger partial charge < -0.3 is 4.74 Å². The molecule has 0 aliphatic rings. The van der Waals surface area contributed by atoms with Crippen LogP contribution in [0, 0.1) is 9.39 Å². The molecule has 0 atom stereocenters. The van der Waals surface area contributed by atoms with Crippen molar-refractivity contribution in [2.45, 2.75) is 12.8 Å². The lowest BCUT2D eigenvalue weighted by Crippen LogP contribution is -2.16. The number of halogens is 5. The average molecular weight is 501 g/mol. The molecule has 144 valence electrons. The van der Waals surface area contributed by atoms with E-state index in [1.807, 2.05) is 22.6 Å². The molecule has 3 aromatic rings. The van der Waals surface area contributed by atoms with E-state index in [2.05, 4.69) is 9.72 Å². The standard InChI is InChI=1S/C20H12F4INO2/c21-17-10-15(25)5-1-13(17)9-19(27)18-8-4-14(11-26-18)12-2-6-16(7-3-12)28-20(22,23)24/h1-8,10-11H,9H2. The highest BCUT2D eigenvalue weighted by atomic mass is 127. The summed E-state index contributed by atoms with van der Waals surface area (Å²) in [6.07, 6.45) is -3.42. The molecule has 0 fully saturated rings. The van der Waals surface area contributed by atoms with Gasteiger partial charge in [0, 0.05) is 21.8 Å². The van der Waals surface area contributed by atoms with Gasteiger partial charge in [0.25, 0.3) is 0 Å². The molecule has 8 heteroatoms. The summed E-state index contributed by atoms with van der Waals surface area (Å²) in [4.78, 5) is 16.4. The van der Waals surface area contributed by atoms with Gasteiger partial charge in [-0.05, 0) is 64.0 Å². The summed E-state index contributed by atoms with van der Waals surface area (Å²) in [5.74, 6) is -1.10. The molecule has 0 unspecified atom stereocenters. The van der Waals surface area contributed by atoms with Crippen LogP contribution in [0.1, 0.15) is 16.1 Å². The number of nitrogens with zero attached hydrogens (tertiary/aromatic N) is 1. The summed E-state index contributed by atoms with van der Waals surface area (Å²) in [6, 6.07) is 13.1. The molecule has 0 amide bonds. The van der Waals surface area contributed by atoms with Gasteiger partial charge in [0.05, 0.1) is 0 Å². The molecule has 1 aromatic heterocycles. The van der Waals surface area contributed by atoms with Crippen LogP contribution in [0.5, 0.6) is 5.75 Å². The van der Waals surface area contributed by atoms with E-state index in [0.29, 0.717) is 11.1 Å². The second-order valence-electron chi connectivity index (χ2n) is 5.84. The fraction of sp³-hybridized carbons (Fsp3) is 0.100. The maximum Gasteiger partial charge on any atom is 0.573 e. The number of rotatable bonds is 5. The van der Waals surface area contributed by atoms with Crippen LogP contribution in [0.25, 0.3) is 11.1 Å². The maximum absolute atomic E-state index is 13.9. The molecule has 1 heterocycles. The van der Waals surface area contributed by atoms with Gasteiger partial charge in [0.1, 0.15) is 17.3 Å². The molecular weight excluding hydrogens is 489 g/mol. The Balaban J connectivity index is 1.71. The number of hydrogen-bond donors (Lipinski definition) is 0. The first-order valence-electron chi connectivity index (χ1n) is 8.00. The molecule has 3 nitrogen and oxygen atoms in total. The molecule has 3 rings (SSSR count). The van der Waals surface area contributed by atoms with E-state index in [1.54, 1.807) is 18.2 Å². The summed E-state index contributed by atoms with van der Waals surface area (Å²) >= 11 is 1.98. The first-order chi connectivity index (χ1) is 13.2. The van der Waals surface area contributed by atoms with Crippen LogP contribution in [-0.2, 0) is 6.42 Å². The van der Waals surface area contributed by atoms with Crippen molar-refractivity contribution in [1.29, 1.82) is 0 Å². The van der Waals surface area contributed by atoms with E-state index in [-0.39, 0.29) is 29.2 Å². The largest absolute Gasteiger partial charge is 0.573 e. The Kier molecular flexibility index (Phi) is 5.97. The van der Waals surface area contributed by atoms with Crippen molar-refractivity contribution in [3.8, 4) is 16.9 Å². The monoisotopic (exact) mass is 501 g/mol. The third kappa shape index (κ3) is 5.28. The van der Waals surface area contributed by atoms with Crippen molar-refractivity contribution in [3.05, 3.63) is 81.4 Å². The first kappa shape index (κ1) is 20.2. The van der Waals surface area contributed by atoms with Crippen LogP contribution >= 0.6 is 22.6 Å². The van der Waals surface area contributed by atoms with Crippen molar-refractivity contribution in [2.24, 2.45) is 0 Å². The lowest BCUT2D eigenvalue weighted by atomic mass is 10.0. The number of aromatic nitrogens is 1. The second-order valence-corrected chi connectivity index (χ2v) is 7.09. The minimum atomic E-state index is -4.75. The average Bonchev–Trinajstić information content (AvgIpc) is 2.63.